The van der Waals surface area contributed by atoms with Gasteiger partial charge in [-0.3, -0.25) is 4.79 Å². The van der Waals surface area contributed by atoms with Crippen molar-refractivity contribution in [3.63, 3.8) is 0 Å². The molecule has 2 N–H and O–H groups in total. The maximum atomic E-state index is 14.2. The minimum atomic E-state index is -4.02. The molecule has 0 aromatic heterocycles. The van der Waals surface area contributed by atoms with Crippen LogP contribution in [0.25, 0.3) is 0 Å². The molecule has 0 bridgehead atoms. The van der Waals surface area contributed by atoms with Crippen molar-refractivity contribution in [1.82, 2.24) is 4.72 Å². The zero-order valence-electron chi connectivity index (χ0n) is 17.9. The SMILES string of the molecule is COc1ccc(CCNS(=O)(=O)c2ccc(F)c(C(=O)Nc3cccc(F)c3)c2)cc1OC. The molecule has 7 nitrogen and oxygen atoms in total. The molecule has 0 unspecified atom stereocenters. The van der Waals surface area contributed by atoms with Crippen LogP contribution in [0.15, 0.2) is 65.6 Å². The van der Waals surface area contributed by atoms with Crippen LogP contribution in [-0.4, -0.2) is 35.1 Å². The van der Waals surface area contributed by atoms with E-state index in [4.69, 9.17) is 9.47 Å². The molecule has 0 fully saturated rings. The molecule has 33 heavy (non-hydrogen) atoms. The van der Waals surface area contributed by atoms with Crippen LogP contribution in [0.2, 0.25) is 0 Å². The van der Waals surface area contributed by atoms with Crippen molar-refractivity contribution in [2.75, 3.05) is 26.1 Å². The molecular formula is C23H22F2N2O5S. The Morgan fingerprint density at radius 2 is 1.70 bits per heavy atom. The van der Waals surface area contributed by atoms with E-state index >= 15 is 0 Å². The molecular weight excluding hydrogens is 454 g/mol. The third kappa shape index (κ3) is 6.05. The Labute approximate surface area is 190 Å². The molecule has 0 saturated carbocycles. The van der Waals surface area contributed by atoms with Crippen LogP contribution in [0, 0.1) is 11.6 Å². The zero-order chi connectivity index (χ0) is 24.0. The summed E-state index contributed by atoms with van der Waals surface area (Å²) in [5, 5.41) is 2.35. The maximum Gasteiger partial charge on any atom is 0.258 e. The van der Waals surface area contributed by atoms with E-state index in [1.54, 1.807) is 18.2 Å². The van der Waals surface area contributed by atoms with Crippen LogP contribution in [0.3, 0.4) is 0 Å². The number of nitrogens with one attached hydrogen (secondary N) is 2. The first-order valence-electron chi connectivity index (χ1n) is 9.80. The van der Waals surface area contributed by atoms with Crippen LogP contribution in [0.1, 0.15) is 15.9 Å². The van der Waals surface area contributed by atoms with E-state index in [0.717, 1.165) is 29.8 Å². The van der Waals surface area contributed by atoms with E-state index < -0.39 is 33.1 Å². The highest BCUT2D eigenvalue weighted by molar-refractivity contribution is 7.89. The molecule has 0 atom stereocenters. The van der Waals surface area contributed by atoms with Gasteiger partial charge in [0.25, 0.3) is 5.91 Å². The fraction of sp³-hybridized carbons (Fsp3) is 0.174. The van der Waals surface area contributed by atoms with Gasteiger partial charge >= 0.3 is 0 Å². The number of carbonyl (C=O) groups is 1. The number of rotatable bonds is 9. The van der Waals surface area contributed by atoms with Crippen molar-refractivity contribution in [3.8, 4) is 11.5 Å². The number of amides is 1. The van der Waals surface area contributed by atoms with Gasteiger partial charge in [-0.15, -0.1) is 0 Å². The Kier molecular flexibility index (Phi) is 7.62. The second-order valence-corrected chi connectivity index (χ2v) is 8.71. The molecule has 0 heterocycles. The lowest BCUT2D eigenvalue weighted by molar-refractivity contribution is 0.102. The van der Waals surface area contributed by atoms with E-state index in [1.165, 1.54) is 32.4 Å². The number of carbonyl (C=O) groups excluding carboxylic acids is 1. The van der Waals surface area contributed by atoms with Gasteiger partial charge in [-0.25, -0.2) is 21.9 Å². The lowest BCUT2D eigenvalue weighted by atomic mass is 10.1. The van der Waals surface area contributed by atoms with Crippen LogP contribution < -0.4 is 19.5 Å². The second kappa shape index (κ2) is 10.4. The summed E-state index contributed by atoms with van der Waals surface area (Å²) >= 11 is 0. The summed E-state index contributed by atoms with van der Waals surface area (Å²) in [6.45, 7) is 0.0556. The van der Waals surface area contributed by atoms with Gasteiger partial charge in [-0.05, 0) is 60.5 Å². The number of halogens is 2. The highest BCUT2D eigenvalue weighted by Gasteiger charge is 2.20. The van der Waals surface area contributed by atoms with Gasteiger partial charge in [-0.2, -0.15) is 0 Å². The average molecular weight is 477 g/mol. The predicted octanol–water partition coefficient (Wildman–Crippen LogP) is 3.76. The monoisotopic (exact) mass is 476 g/mol. The van der Waals surface area contributed by atoms with E-state index in [-0.39, 0.29) is 17.1 Å². The van der Waals surface area contributed by atoms with Crippen molar-refractivity contribution in [1.29, 1.82) is 0 Å². The van der Waals surface area contributed by atoms with Gasteiger partial charge in [0.15, 0.2) is 11.5 Å². The Balaban J connectivity index is 1.71. The summed E-state index contributed by atoms with van der Waals surface area (Å²) in [5.74, 6) is -1.32. The quantitative estimate of drug-likeness (QED) is 0.491. The van der Waals surface area contributed by atoms with Gasteiger partial charge in [-0.1, -0.05) is 12.1 Å². The first-order chi connectivity index (χ1) is 15.7. The van der Waals surface area contributed by atoms with Crippen molar-refractivity contribution < 1.29 is 31.5 Å². The molecule has 0 radical (unpaired) electrons. The Morgan fingerprint density at radius 1 is 0.939 bits per heavy atom. The number of hydrogen-bond acceptors (Lipinski definition) is 5. The second-order valence-electron chi connectivity index (χ2n) is 6.94. The Morgan fingerprint density at radius 3 is 2.39 bits per heavy atom. The number of sulfonamides is 1. The molecule has 1 amide bonds. The van der Waals surface area contributed by atoms with Gasteiger partial charge in [0.05, 0.1) is 24.7 Å². The molecule has 10 heteroatoms. The van der Waals surface area contributed by atoms with Crippen LogP contribution in [-0.2, 0) is 16.4 Å². The summed E-state index contributed by atoms with van der Waals surface area (Å²) in [5.41, 5.74) is 0.437. The number of ether oxygens (including phenoxy) is 2. The van der Waals surface area contributed by atoms with Gasteiger partial charge in [0.1, 0.15) is 11.6 Å². The molecule has 3 rings (SSSR count). The van der Waals surface area contributed by atoms with Crippen molar-refractivity contribution in [3.05, 3.63) is 83.4 Å². The van der Waals surface area contributed by atoms with Crippen LogP contribution >= 0.6 is 0 Å². The first kappa shape index (κ1) is 24.1. The minimum absolute atomic E-state index is 0.0556. The lowest BCUT2D eigenvalue weighted by Gasteiger charge is -2.11. The zero-order valence-corrected chi connectivity index (χ0v) is 18.7. The highest BCUT2D eigenvalue weighted by Crippen LogP contribution is 2.27. The first-order valence-corrected chi connectivity index (χ1v) is 11.3. The van der Waals surface area contributed by atoms with Crippen LogP contribution in [0.5, 0.6) is 11.5 Å². The summed E-state index contributed by atoms with van der Waals surface area (Å²) in [6.07, 6.45) is 0.355. The largest absolute Gasteiger partial charge is 0.493 e. The highest BCUT2D eigenvalue weighted by atomic mass is 32.2. The molecule has 174 valence electrons. The van der Waals surface area contributed by atoms with E-state index in [1.807, 2.05) is 0 Å². The number of methoxy groups -OCH3 is 2. The topological polar surface area (TPSA) is 93.7 Å². The van der Waals surface area contributed by atoms with Crippen molar-refractivity contribution in [2.24, 2.45) is 0 Å². The number of benzene rings is 3. The maximum absolute atomic E-state index is 14.2. The summed E-state index contributed by atoms with van der Waals surface area (Å²) < 4.78 is 65.7. The molecule has 0 aliphatic rings. The fourth-order valence-corrected chi connectivity index (χ4v) is 4.12. The number of anilines is 1. The minimum Gasteiger partial charge on any atom is -0.493 e. The third-order valence-corrected chi connectivity index (χ3v) is 6.19. The molecule has 0 aliphatic carbocycles. The van der Waals surface area contributed by atoms with Gasteiger partial charge in [0.2, 0.25) is 10.0 Å². The van der Waals surface area contributed by atoms with E-state index in [2.05, 4.69) is 10.0 Å². The summed E-state index contributed by atoms with van der Waals surface area (Å²) in [6, 6.07) is 13.2. The number of hydrogen-bond donors (Lipinski definition) is 2. The normalized spacial score (nSPS) is 11.2. The Bertz CT molecular complexity index is 1270. The lowest BCUT2D eigenvalue weighted by Crippen LogP contribution is -2.26. The van der Waals surface area contributed by atoms with E-state index in [9.17, 15) is 22.0 Å². The van der Waals surface area contributed by atoms with Gasteiger partial charge in [0, 0.05) is 12.2 Å². The fourth-order valence-electron chi connectivity index (χ4n) is 3.06. The molecule has 0 spiro atoms. The summed E-state index contributed by atoms with van der Waals surface area (Å²) in [7, 11) is -1.01. The molecule has 0 aliphatic heterocycles. The third-order valence-electron chi connectivity index (χ3n) is 4.73. The van der Waals surface area contributed by atoms with E-state index in [0.29, 0.717) is 17.9 Å². The van der Waals surface area contributed by atoms with Crippen molar-refractivity contribution >= 4 is 21.6 Å². The smallest absolute Gasteiger partial charge is 0.258 e. The van der Waals surface area contributed by atoms with Crippen molar-refractivity contribution in [2.45, 2.75) is 11.3 Å². The molecule has 3 aromatic rings. The average Bonchev–Trinajstić information content (AvgIpc) is 2.79. The Hall–Kier alpha value is -3.50. The van der Waals surface area contributed by atoms with Crippen LogP contribution in [0.4, 0.5) is 14.5 Å². The van der Waals surface area contributed by atoms with Gasteiger partial charge < -0.3 is 14.8 Å². The standard InChI is InChI=1S/C23H22F2N2O5S/c1-31-21-9-6-15(12-22(21)32-2)10-11-26-33(29,30)18-7-8-20(25)19(14-18)23(28)27-17-5-3-4-16(24)13-17/h3-9,12-14,26H,10-11H2,1-2H3,(H,27,28). The molecule has 0 saturated heterocycles. The molecule has 3 aromatic carbocycles. The summed E-state index contributed by atoms with van der Waals surface area (Å²) in [4.78, 5) is 12.1. The predicted molar refractivity (Wildman–Crippen MR) is 119 cm³/mol.